The molecular weight excluding hydrogens is 418 g/mol. The van der Waals surface area contributed by atoms with Crippen molar-refractivity contribution in [1.82, 2.24) is 19.9 Å². The van der Waals surface area contributed by atoms with Crippen molar-refractivity contribution in [3.63, 3.8) is 0 Å². The second-order valence-electron chi connectivity index (χ2n) is 7.45. The minimum Gasteiger partial charge on any atom is -0.444 e. The lowest BCUT2D eigenvalue weighted by molar-refractivity contribution is -0.144. The number of anilines is 1. The van der Waals surface area contributed by atoms with Crippen molar-refractivity contribution >= 4 is 34.4 Å². The van der Waals surface area contributed by atoms with Crippen molar-refractivity contribution in [2.45, 2.75) is 32.5 Å². The Morgan fingerprint density at radius 2 is 1.76 bits per heavy atom. The molecule has 29 heavy (non-hydrogen) atoms. The summed E-state index contributed by atoms with van der Waals surface area (Å²) in [6, 6.07) is 0. The first-order chi connectivity index (χ1) is 13.4. The highest BCUT2D eigenvalue weighted by atomic mass is 35.5. The van der Waals surface area contributed by atoms with Gasteiger partial charge in [-0.3, -0.25) is 0 Å². The molecule has 0 aromatic carbocycles. The lowest BCUT2D eigenvalue weighted by Crippen LogP contribution is -2.50. The van der Waals surface area contributed by atoms with Crippen LogP contribution in [0.3, 0.4) is 0 Å². The van der Waals surface area contributed by atoms with Crippen LogP contribution in [0.2, 0.25) is 5.15 Å². The first-order valence-corrected chi connectivity index (χ1v) is 9.06. The Balaban J connectivity index is 1.92. The zero-order chi connectivity index (χ0) is 21.6. The van der Waals surface area contributed by atoms with Crippen LogP contribution < -0.4 is 4.90 Å². The molecule has 1 fully saturated rings. The van der Waals surface area contributed by atoms with Gasteiger partial charge in [0.25, 0.3) is 0 Å². The summed E-state index contributed by atoms with van der Waals surface area (Å²) in [5, 5.41) is -0.573. The van der Waals surface area contributed by atoms with Gasteiger partial charge in [-0.2, -0.15) is 13.2 Å². The van der Waals surface area contributed by atoms with Gasteiger partial charge in [-0.15, -0.1) is 0 Å². The van der Waals surface area contributed by atoms with E-state index in [0.717, 1.165) is 6.20 Å². The maximum absolute atomic E-state index is 14.3. The maximum Gasteiger partial charge on any atom is 0.451 e. The van der Waals surface area contributed by atoms with E-state index in [1.807, 2.05) is 0 Å². The van der Waals surface area contributed by atoms with E-state index in [1.165, 1.54) is 9.80 Å². The predicted molar refractivity (Wildman–Crippen MR) is 97.3 cm³/mol. The third kappa shape index (κ3) is 4.60. The molecule has 0 radical (unpaired) electrons. The summed E-state index contributed by atoms with van der Waals surface area (Å²) in [6.45, 7) is 5.95. The van der Waals surface area contributed by atoms with Crippen molar-refractivity contribution < 1.29 is 27.1 Å². The number of nitrogens with zero attached hydrogens (tertiary/aromatic N) is 5. The minimum absolute atomic E-state index is 0.00520. The molecule has 0 unspecified atom stereocenters. The fourth-order valence-corrected chi connectivity index (χ4v) is 2.95. The topological polar surface area (TPSA) is 71.5 Å². The van der Waals surface area contributed by atoms with Gasteiger partial charge in [0.15, 0.2) is 11.0 Å². The Morgan fingerprint density at radius 3 is 2.31 bits per heavy atom. The van der Waals surface area contributed by atoms with Crippen LogP contribution in [0.15, 0.2) is 6.20 Å². The molecule has 1 aliphatic heterocycles. The van der Waals surface area contributed by atoms with Crippen molar-refractivity contribution in [2.24, 2.45) is 0 Å². The summed E-state index contributed by atoms with van der Waals surface area (Å²) < 4.78 is 59.3. The lowest BCUT2D eigenvalue weighted by Gasteiger charge is -2.36. The van der Waals surface area contributed by atoms with Gasteiger partial charge < -0.3 is 14.5 Å². The van der Waals surface area contributed by atoms with E-state index >= 15 is 0 Å². The summed E-state index contributed by atoms with van der Waals surface area (Å²) in [5.41, 5.74) is -1.22. The van der Waals surface area contributed by atoms with Crippen LogP contribution in [-0.2, 0) is 10.9 Å². The monoisotopic (exact) mass is 435 g/mol. The van der Waals surface area contributed by atoms with Gasteiger partial charge in [-0.25, -0.2) is 24.1 Å². The van der Waals surface area contributed by atoms with Crippen molar-refractivity contribution in [3.05, 3.63) is 23.0 Å². The standard InChI is InChI=1S/C17H18ClF4N5O2/c1-16(2,3)29-15(28)27-6-4-26(5-7-27)13-9-8-23-12(18)10(19)11(9)24-14(25-13)17(20,21)22/h8H,4-7H2,1-3H3. The Kier molecular flexibility index (Phi) is 5.46. The molecule has 0 bridgehead atoms. The van der Waals surface area contributed by atoms with Crippen LogP contribution >= 0.6 is 11.6 Å². The maximum atomic E-state index is 14.3. The summed E-state index contributed by atoms with van der Waals surface area (Å²) in [4.78, 5) is 25.7. The molecule has 12 heteroatoms. The number of amides is 1. The number of rotatable bonds is 1. The first kappa shape index (κ1) is 21.3. The van der Waals surface area contributed by atoms with E-state index in [1.54, 1.807) is 20.8 Å². The molecule has 158 valence electrons. The van der Waals surface area contributed by atoms with Crippen LogP contribution in [0.25, 0.3) is 10.9 Å². The Labute approximate surface area is 168 Å². The number of halogens is 5. The van der Waals surface area contributed by atoms with E-state index < -0.39 is 40.2 Å². The largest absolute Gasteiger partial charge is 0.451 e. The molecule has 0 saturated carbocycles. The molecule has 1 saturated heterocycles. The van der Waals surface area contributed by atoms with Gasteiger partial charge in [0.2, 0.25) is 5.82 Å². The number of hydrogen-bond donors (Lipinski definition) is 0. The van der Waals surface area contributed by atoms with E-state index in [4.69, 9.17) is 16.3 Å². The average molecular weight is 436 g/mol. The molecule has 0 aliphatic carbocycles. The number of carbonyl (C=O) groups excluding carboxylic acids is 1. The van der Waals surface area contributed by atoms with Gasteiger partial charge in [-0.05, 0) is 20.8 Å². The zero-order valence-electron chi connectivity index (χ0n) is 15.8. The fraction of sp³-hybridized carbons (Fsp3) is 0.529. The molecule has 2 aromatic heterocycles. The van der Waals surface area contributed by atoms with E-state index in [0.29, 0.717) is 0 Å². The third-order valence-corrected chi connectivity index (χ3v) is 4.37. The number of aromatic nitrogens is 3. The van der Waals surface area contributed by atoms with Gasteiger partial charge in [-0.1, -0.05) is 11.6 Å². The van der Waals surface area contributed by atoms with Gasteiger partial charge in [0, 0.05) is 32.4 Å². The van der Waals surface area contributed by atoms with Crippen LogP contribution in [0, 0.1) is 5.82 Å². The highest BCUT2D eigenvalue weighted by Crippen LogP contribution is 2.34. The van der Waals surface area contributed by atoms with E-state index in [-0.39, 0.29) is 37.4 Å². The van der Waals surface area contributed by atoms with Crippen LogP contribution in [-0.4, -0.2) is 57.7 Å². The second kappa shape index (κ2) is 7.43. The lowest BCUT2D eigenvalue weighted by atomic mass is 10.2. The predicted octanol–water partition coefficient (Wildman–Crippen LogP) is 3.89. The number of ether oxygens (including phenoxy) is 1. The number of piperazine rings is 1. The van der Waals surface area contributed by atoms with Crippen LogP contribution in [0.5, 0.6) is 0 Å². The highest BCUT2D eigenvalue weighted by Gasteiger charge is 2.37. The summed E-state index contributed by atoms with van der Waals surface area (Å²) >= 11 is 5.60. The molecular formula is C17H18ClF4N5O2. The zero-order valence-corrected chi connectivity index (χ0v) is 16.6. The number of hydrogen-bond acceptors (Lipinski definition) is 6. The van der Waals surface area contributed by atoms with E-state index in [9.17, 15) is 22.4 Å². The number of fused-ring (bicyclic) bond motifs is 1. The van der Waals surface area contributed by atoms with Crippen molar-refractivity contribution in [3.8, 4) is 0 Å². The van der Waals surface area contributed by atoms with Crippen molar-refractivity contribution in [1.29, 1.82) is 0 Å². The molecule has 1 amide bonds. The normalized spacial score (nSPS) is 15.7. The molecule has 3 heterocycles. The number of pyridine rings is 1. The smallest absolute Gasteiger partial charge is 0.444 e. The van der Waals surface area contributed by atoms with Crippen molar-refractivity contribution in [2.75, 3.05) is 31.1 Å². The quantitative estimate of drug-likeness (QED) is 0.500. The number of carbonyl (C=O) groups is 1. The SMILES string of the molecule is CC(C)(C)OC(=O)N1CCN(c2nc(C(F)(F)F)nc3c(F)c(Cl)ncc23)CC1. The van der Waals surface area contributed by atoms with Gasteiger partial charge in [0.1, 0.15) is 16.9 Å². The van der Waals surface area contributed by atoms with Gasteiger partial charge >= 0.3 is 12.3 Å². The average Bonchev–Trinajstić information content (AvgIpc) is 2.62. The van der Waals surface area contributed by atoms with E-state index in [2.05, 4.69) is 15.0 Å². The molecule has 2 aromatic rings. The molecule has 3 rings (SSSR count). The summed E-state index contributed by atoms with van der Waals surface area (Å²) in [7, 11) is 0. The van der Waals surface area contributed by atoms with Crippen LogP contribution in [0.4, 0.5) is 28.2 Å². The van der Waals surface area contributed by atoms with Crippen LogP contribution in [0.1, 0.15) is 26.6 Å². The first-order valence-electron chi connectivity index (χ1n) is 8.68. The van der Waals surface area contributed by atoms with Gasteiger partial charge in [0.05, 0.1) is 5.39 Å². The highest BCUT2D eigenvalue weighted by molar-refractivity contribution is 6.30. The Hall–Kier alpha value is -2.43. The Bertz CT molecular complexity index is 940. The minimum atomic E-state index is -4.87. The fourth-order valence-electron chi connectivity index (χ4n) is 2.81. The Morgan fingerprint density at radius 1 is 1.14 bits per heavy atom. The molecule has 0 spiro atoms. The third-order valence-electron chi connectivity index (χ3n) is 4.11. The molecule has 1 aliphatic rings. The second-order valence-corrected chi connectivity index (χ2v) is 7.81. The summed E-state index contributed by atoms with van der Waals surface area (Å²) in [6.07, 6.45) is -4.25. The molecule has 0 N–H and O–H groups in total. The number of alkyl halides is 3. The molecule has 0 atom stereocenters. The summed E-state index contributed by atoms with van der Waals surface area (Å²) in [5.74, 6) is -2.74. The molecule has 7 nitrogen and oxygen atoms in total.